The van der Waals surface area contributed by atoms with Crippen LogP contribution < -0.4 is 5.32 Å². The summed E-state index contributed by atoms with van der Waals surface area (Å²) in [6, 6.07) is 9.79. The second-order valence-corrected chi connectivity index (χ2v) is 4.30. The number of halogens is 2. The molecule has 0 aliphatic rings. The van der Waals surface area contributed by atoms with Gasteiger partial charge in [-0.15, -0.1) is 0 Å². The fraction of sp³-hybridized carbons (Fsp3) is 0.133. The largest absolute Gasteiger partial charge is 0.478 e. The molecule has 0 heterocycles. The molecule has 0 aliphatic heterocycles. The lowest BCUT2D eigenvalue weighted by atomic mass is 10.1. The Morgan fingerprint density at radius 2 is 1.80 bits per heavy atom. The summed E-state index contributed by atoms with van der Waals surface area (Å²) in [6.45, 7) is 0.467. The Bertz CT molecular complexity index is 612. The summed E-state index contributed by atoms with van der Waals surface area (Å²) in [5.41, 5.74) is 1.09. The van der Waals surface area contributed by atoms with Crippen LogP contribution in [-0.4, -0.2) is 17.6 Å². The van der Waals surface area contributed by atoms with Crippen LogP contribution in [0.25, 0.3) is 0 Å². The summed E-state index contributed by atoms with van der Waals surface area (Å²) < 4.78 is 26.3. The first kappa shape index (κ1) is 14.0. The molecule has 2 aromatic rings. The van der Waals surface area contributed by atoms with E-state index in [0.29, 0.717) is 13.0 Å². The minimum absolute atomic E-state index is 0.0911. The standard InChI is InChI=1S/C15H13F2NO2/c16-12-4-1-10(2-5-12)7-8-18-14-6-3-11(15(19)20)9-13(14)17/h1-6,9,18H,7-8H2,(H,19,20). The molecule has 0 saturated carbocycles. The molecule has 2 rings (SSSR count). The van der Waals surface area contributed by atoms with Gasteiger partial charge in [0.2, 0.25) is 0 Å². The van der Waals surface area contributed by atoms with E-state index in [0.717, 1.165) is 11.6 Å². The first-order valence-corrected chi connectivity index (χ1v) is 6.07. The quantitative estimate of drug-likeness (QED) is 0.881. The molecule has 0 aromatic heterocycles. The van der Waals surface area contributed by atoms with Crippen LogP contribution in [0.5, 0.6) is 0 Å². The number of rotatable bonds is 5. The highest BCUT2D eigenvalue weighted by Gasteiger charge is 2.07. The SMILES string of the molecule is O=C(O)c1ccc(NCCc2ccc(F)cc2)c(F)c1. The zero-order valence-electron chi connectivity index (χ0n) is 10.6. The number of carboxylic acids is 1. The van der Waals surface area contributed by atoms with E-state index in [-0.39, 0.29) is 17.1 Å². The molecule has 0 amide bonds. The highest BCUT2D eigenvalue weighted by atomic mass is 19.1. The van der Waals surface area contributed by atoms with E-state index >= 15 is 0 Å². The zero-order valence-corrected chi connectivity index (χ0v) is 10.6. The molecule has 0 spiro atoms. The highest BCUT2D eigenvalue weighted by molar-refractivity contribution is 5.88. The van der Waals surface area contributed by atoms with Gasteiger partial charge in [0.1, 0.15) is 11.6 Å². The van der Waals surface area contributed by atoms with Crippen molar-refractivity contribution in [3.05, 3.63) is 65.2 Å². The number of nitrogens with one attached hydrogen (secondary N) is 1. The molecular weight excluding hydrogens is 264 g/mol. The van der Waals surface area contributed by atoms with E-state index in [1.165, 1.54) is 24.3 Å². The molecular formula is C15H13F2NO2. The Balaban J connectivity index is 1.94. The number of anilines is 1. The Kier molecular flexibility index (Phi) is 4.30. The summed E-state index contributed by atoms with van der Waals surface area (Å²) in [6.07, 6.45) is 0.612. The van der Waals surface area contributed by atoms with Crippen LogP contribution in [-0.2, 0) is 6.42 Å². The molecule has 2 aromatic carbocycles. The number of hydrogen-bond acceptors (Lipinski definition) is 2. The van der Waals surface area contributed by atoms with Crippen molar-refractivity contribution in [2.75, 3.05) is 11.9 Å². The van der Waals surface area contributed by atoms with Crippen LogP contribution in [0.3, 0.4) is 0 Å². The summed E-state index contributed by atoms with van der Waals surface area (Å²) in [4.78, 5) is 10.7. The van der Waals surface area contributed by atoms with Gasteiger partial charge in [-0.3, -0.25) is 0 Å². The molecule has 0 bridgehead atoms. The molecule has 0 atom stereocenters. The average molecular weight is 277 g/mol. The summed E-state index contributed by atoms with van der Waals surface area (Å²) in [5, 5.41) is 11.6. The average Bonchev–Trinajstić information content (AvgIpc) is 2.42. The van der Waals surface area contributed by atoms with Gasteiger partial charge in [-0.1, -0.05) is 12.1 Å². The molecule has 20 heavy (non-hydrogen) atoms. The number of benzene rings is 2. The summed E-state index contributed by atoms with van der Waals surface area (Å²) in [5.74, 6) is -2.07. The van der Waals surface area contributed by atoms with E-state index in [1.807, 2.05) is 0 Å². The van der Waals surface area contributed by atoms with Gasteiger partial charge in [-0.25, -0.2) is 13.6 Å². The minimum atomic E-state index is -1.17. The van der Waals surface area contributed by atoms with Crippen LogP contribution in [0, 0.1) is 11.6 Å². The van der Waals surface area contributed by atoms with E-state index in [1.54, 1.807) is 12.1 Å². The van der Waals surface area contributed by atoms with E-state index in [4.69, 9.17) is 5.11 Å². The predicted molar refractivity (Wildman–Crippen MR) is 72.0 cm³/mol. The third-order valence-corrected chi connectivity index (χ3v) is 2.86. The van der Waals surface area contributed by atoms with Gasteiger partial charge in [0, 0.05) is 6.54 Å². The van der Waals surface area contributed by atoms with Crippen molar-refractivity contribution in [1.82, 2.24) is 0 Å². The Morgan fingerprint density at radius 1 is 1.10 bits per heavy atom. The predicted octanol–water partition coefficient (Wildman–Crippen LogP) is 3.32. The maximum atomic E-state index is 13.6. The van der Waals surface area contributed by atoms with Crippen LogP contribution >= 0.6 is 0 Å². The molecule has 104 valence electrons. The lowest BCUT2D eigenvalue weighted by Gasteiger charge is -2.08. The minimum Gasteiger partial charge on any atom is -0.478 e. The summed E-state index contributed by atoms with van der Waals surface area (Å²) in [7, 11) is 0. The normalized spacial score (nSPS) is 10.3. The van der Waals surface area contributed by atoms with Crippen LogP contribution in [0.2, 0.25) is 0 Å². The van der Waals surface area contributed by atoms with Crippen molar-refractivity contribution in [2.24, 2.45) is 0 Å². The third-order valence-electron chi connectivity index (χ3n) is 2.86. The molecule has 0 saturated heterocycles. The van der Waals surface area contributed by atoms with Crippen molar-refractivity contribution in [3.8, 4) is 0 Å². The highest BCUT2D eigenvalue weighted by Crippen LogP contribution is 2.16. The smallest absolute Gasteiger partial charge is 0.335 e. The van der Waals surface area contributed by atoms with Gasteiger partial charge in [-0.2, -0.15) is 0 Å². The zero-order chi connectivity index (χ0) is 14.5. The van der Waals surface area contributed by atoms with Gasteiger partial charge in [0.15, 0.2) is 0 Å². The van der Waals surface area contributed by atoms with Crippen molar-refractivity contribution in [1.29, 1.82) is 0 Å². The lowest BCUT2D eigenvalue weighted by Crippen LogP contribution is -2.07. The molecule has 0 fully saturated rings. The lowest BCUT2D eigenvalue weighted by molar-refractivity contribution is 0.0696. The number of aromatic carboxylic acids is 1. The Hall–Kier alpha value is -2.43. The van der Waals surface area contributed by atoms with E-state index in [9.17, 15) is 13.6 Å². The fourth-order valence-electron chi connectivity index (χ4n) is 1.78. The topological polar surface area (TPSA) is 49.3 Å². The molecule has 0 aliphatic carbocycles. The van der Waals surface area contributed by atoms with Crippen molar-refractivity contribution >= 4 is 11.7 Å². The second-order valence-electron chi connectivity index (χ2n) is 4.30. The van der Waals surface area contributed by atoms with Gasteiger partial charge in [-0.05, 0) is 42.3 Å². The van der Waals surface area contributed by atoms with Crippen LogP contribution in [0.15, 0.2) is 42.5 Å². The Labute approximate surface area is 114 Å². The molecule has 0 radical (unpaired) electrons. The van der Waals surface area contributed by atoms with Gasteiger partial charge >= 0.3 is 5.97 Å². The maximum Gasteiger partial charge on any atom is 0.335 e. The van der Waals surface area contributed by atoms with Crippen molar-refractivity contribution < 1.29 is 18.7 Å². The summed E-state index contributed by atoms with van der Waals surface area (Å²) >= 11 is 0. The third kappa shape index (κ3) is 3.54. The van der Waals surface area contributed by atoms with Crippen LogP contribution in [0.4, 0.5) is 14.5 Å². The van der Waals surface area contributed by atoms with Crippen LogP contribution in [0.1, 0.15) is 15.9 Å². The van der Waals surface area contributed by atoms with Gasteiger partial charge in [0.05, 0.1) is 11.3 Å². The number of hydrogen-bond donors (Lipinski definition) is 2. The molecule has 0 unspecified atom stereocenters. The first-order chi connectivity index (χ1) is 9.56. The van der Waals surface area contributed by atoms with E-state index in [2.05, 4.69) is 5.32 Å². The first-order valence-electron chi connectivity index (χ1n) is 6.07. The maximum absolute atomic E-state index is 13.6. The van der Waals surface area contributed by atoms with Crippen molar-refractivity contribution in [3.63, 3.8) is 0 Å². The molecule has 3 nitrogen and oxygen atoms in total. The van der Waals surface area contributed by atoms with E-state index < -0.39 is 11.8 Å². The monoisotopic (exact) mass is 277 g/mol. The van der Waals surface area contributed by atoms with Crippen molar-refractivity contribution in [2.45, 2.75) is 6.42 Å². The second kappa shape index (κ2) is 6.14. The van der Waals surface area contributed by atoms with Gasteiger partial charge < -0.3 is 10.4 Å². The Morgan fingerprint density at radius 3 is 2.40 bits per heavy atom. The number of carbonyl (C=O) groups is 1. The molecule has 2 N–H and O–H groups in total. The number of carboxylic acid groups (broad SMARTS) is 1. The molecule has 5 heteroatoms. The van der Waals surface area contributed by atoms with Gasteiger partial charge in [0.25, 0.3) is 0 Å². The fourth-order valence-corrected chi connectivity index (χ4v) is 1.78.